The van der Waals surface area contributed by atoms with E-state index >= 15 is 0 Å². The Bertz CT molecular complexity index is 2010. The van der Waals surface area contributed by atoms with Crippen molar-refractivity contribution in [2.45, 2.75) is 67.2 Å². The Morgan fingerprint density at radius 3 is 1.96 bits per heavy atom. The smallest absolute Gasteiger partial charge is 0.0784 e. The molecule has 0 heterocycles. The lowest BCUT2D eigenvalue weighted by Crippen LogP contribution is -2.14. The van der Waals surface area contributed by atoms with Crippen LogP contribution >= 0.6 is 0 Å². The van der Waals surface area contributed by atoms with Crippen molar-refractivity contribution < 1.29 is 0 Å². The van der Waals surface area contributed by atoms with E-state index in [9.17, 15) is 0 Å². The molecule has 248 valence electrons. The van der Waals surface area contributed by atoms with Gasteiger partial charge < -0.3 is 0 Å². The van der Waals surface area contributed by atoms with Crippen LogP contribution in [0.15, 0.2) is 156 Å². The van der Waals surface area contributed by atoms with Crippen molar-refractivity contribution in [1.29, 1.82) is 0 Å². The first kappa shape index (κ1) is 35.3. The Hall–Kier alpha value is -5.01. The van der Waals surface area contributed by atoms with E-state index in [2.05, 4.69) is 195 Å². The first-order valence-electron chi connectivity index (χ1n) is 17.5. The fourth-order valence-corrected chi connectivity index (χ4v) is 6.54. The molecule has 5 aromatic carbocycles. The predicted molar refractivity (Wildman–Crippen MR) is 214 cm³/mol. The van der Waals surface area contributed by atoms with Crippen LogP contribution in [0.5, 0.6) is 0 Å². The molecule has 49 heavy (non-hydrogen) atoms. The van der Waals surface area contributed by atoms with Gasteiger partial charge in [0, 0.05) is 11.1 Å². The molecule has 0 aliphatic heterocycles. The third kappa shape index (κ3) is 8.54. The standard InChI is InChI=1S/C24H25N.C24H26/c1-17-12-14-21(15-13-17)24(23-11-6-5-9-19(23)3)25-20(4)22-10-7-8-18(2)16-22;1-17-11-9-10-14-20(17)21-15-16-22(24(3,4)5)23(18(21)2)19-12-7-6-8-13-19/h5-7,9-16,18H,4,8H2,1-3H3;6-16H,1-5H3. The van der Waals surface area contributed by atoms with Crippen LogP contribution in [0.1, 0.15) is 73.1 Å². The lowest BCUT2D eigenvalue weighted by atomic mass is 9.78. The average molecular weight is 642 g/mol. The minimum Gasteiger partial charge on any atom is -0.248 e. The second-order valence-electron chi connectivity index (χ2n) is 14.4. The van der Waals surface area contributed by atoms with Gasteiger partial charge in [-0.15, -0.1) is 0 Å². The Morgan fingerprint density at radius 2 is 1.33 bits per heavy atom. The highest BCUT2D eigenvalue weighted by Crippen LogP contribution is 2.40. The van der Waals surface area contributed by atoms with Gasteiger partial charge in [0.2, 0.25) is 0 Å². The Morgan fingerprint density at radius 1 is 0.694 bits per heavy atom. The van der Waals surface area contributed by atoms with Gasteiger partial charge in [-0.3, -0.25) is 0 Å². The number of aliphatic imine (C=N–C) groups is 1. The maximum atomic E-state index is 4.97. The number of nitrogens with zero attached hydrogens (tertiary/aromatic N) is 1. The van der Waals surface area contributed by atoms with E-state index in [4.69, 9.17) is 4.99 Å². The van der Waals surface area contributed by atoms with Crippen molar-refractivity contribution in [1.82, 2.24) is 0 Å². The van der Waals surface area contributed by atoms with Gasteiger partial charge in [0.25, 0.3) is 0 Å². The van der Waals surface area contributed by atoms with Crippen LogP contribution in [0.2, 0.25) is 0 Å². The van der Waals surface area contributed by atoms with Gasteiger partial charge in [0.15, 0.2) is 0 Å². The Kier molecular flexibility index (Phi) is 11.1. The number of rotatable bonds is 6. The molecule has 1 heteroatoms. The van der Waals surface area contributed by atoms with Gasteiger partial charge in [-0.2, -0.15) is 0 Å². The Balaban J connectivity index is 0.000000191. The van der Waals surface area contributed by atoms with E-state index in [1.54, 1.807) is 0 Å². The SMILES string of the molecule is C=C(N=C(c1ccc(C)cc1)c1ccccc1C)C1=CC(C)CC=C1.Cc1ccccc1-c1ccc(C(C)(C)C)c(-c2ccccc2)c1C. The van der Waals surface area contributed by atoms with Crippen LogP contribution in [-0.2, 0) is 5.41 Å². The van der Waals surface area contributed by atoms with Gasteiger partial charge in [-0.05, 0) is 95.5 Å². The first-order chi connectivity index (χ1) is 23.4. The maximum Gasteiger partial charge on any atom is 0.0784 e. The van der Waals surface area contributed by atoms with E-state index in [0.29, 0.717) is 5.92 Å². The summed E-state index contributed by atoms with van der Waals surface area (Å²) >= 11 is 0. The molecule has 0 N–H and O–H groups in total. The van der Waals surface area contributed by atoms with Crippen LogP contribution < -0.4 is 0 Å². The highest BCUT2D eigenvalue weighted by molar-refractivity contribution is 6.14. The van der Waals surface area contributed by atoms with Crippen LogP contribution in [-0.4, -0.2) is 5.71 Å². The average Bonchev–Trinajstić information content (AvgIpc) is 3.08. The lowest BCUT2D eigenvalue weighted by molar-refractivity contribution is 0.591. The zero-order valence-corrected chi connectivity index (χ0v) is 30.6. The zero-order valence-electron chi connectivity index (χ0n) is 30.6. The molecular weight excluding hydrogens is 591 g/mol. The summed E-state index contributed by atoms with van der Waals surface area (Å²) in [6.45, 7) is 22.0. The molecule has 1 unspecified atom stereocenters. The second kappa shape index (κ2) is 15.5. The van der Waals surface area contributed by atoms with Gasteiger partial charge in [0.1, 0.15) is 0 Å². The van der Waals surface area contributed by atoms with Gasteiger partial charge in [-0.1, -0.05) is 173 Å². The van der Waals surface area contributed by atoms with Crippen LogP contribution in [0, 0.1) is 33.6 Å². The summed E-state index contributed by atoms with van der Waals surface area (Å²) in [5.41, 5.74) is 17.2. The number of benzene rings is 5. The molecule has 0 aromatic heterocycles. The summed E-state index contributed by atoms with van der Waals surface area (Å²) in [5.74, 6) is 0.535. The first-order valence-corrected chi connectivity index (χ1v) is 17.5. The van der Waals surface area contributed by atoms with Gasteiger partial charge >= 0.3 is 0 Å². The molecule has 1 aliphatic carbocycles. The van der Waals surface area contributed by atoms with E-state index < -0.39 is 0 Å². The van der Waals surface area contributed by atoms with Crippen molar-refractivity contribution in [2.75, 3.05) is 0 Å². The zero-order chi connectivity index (χ0) is 35.1. The van der Waals surface area contributed by atoms with Crippen molar-refractivity contribution >= 4 is 5.71 Å². The summed E-state index contributed by atoms with van der Waals surface area (Å²) in [4.78, 5) is 4.97. The third-order valence-electron chi connectivity index (χ3n) is 9.35. The molecule has 5 aromatic rings. The molecule has 0 spiro atoms. The van der Waals surface area contributed by atoms with Crippen molar-refractivity contribution in [3.8, 4) is 22.3 Å². The molecule has 0 radical (unpaired) electrons. The number of allylic oxidation sites excluding steroid dienone is 3. The summed E-state index contributed by atoms with van der Waals surface area (Å²) in [6, 6.07) is 41.0. The maximum absolute atomic E-state index is 4.97. The molecule has 0 saturated heterocycles. The summed E-state index contributed by atoms with van der Waals surface area (Å²) in [5, 5.41) is 0. The van der Waals surface area contributed by atoms with E-state index in [-0.39, 0.29) is 5.41 Å². The summed E-state index contributed by atoms with van der Waals surface area (Å²) < 4.78 is 0. The molecule has 1 atom stereocenters. The van der Waals surface area contributed by atoms with E-state index in [0.717, 1.165) is 34.5 Å². The molecule has 1 nitrogen and oxygen atoms in total. The largest absolute Gasteiger partial charge is 0.248 e. The molecule has 0 fully saturated rings. The molecule has 0 bridgehead atoms. The van der Waals surface area contributed by atoms with Crippen LogP contribution in [0.3, 0.4) is 0 Å². The van der Waals surface area contributed by atoms with Crippen molar-refractivity contribution in [3.05, 3.63) is 190 Å². The highest BCUT2D eigenvalue weighted by atomic mass is 14.8. The van der Waals surface area contributed by atoms with Crippen LogP contribution in [0.25, 0.3) is 22.3 Å². The quantitative estimate of drug-likeness (QED) is 0.164. The lowest BCUT2D eigenvalue weighted by Gasteiger charge is -2.26. The van der Waals surface area contributed by atoms with Gasteiger partial charge in [0.05, 0.1) is 11.4 Å². The normalized spacial score (nSPS) is 14.5. The molecule has 6 rings (SSSR count). The Labute approximate surface area is 295 Å². The molecular formula is C48H51N. The van der Waals surface area contributed by atoms with Crippen molar-refractivity contribution in [2.24, 2.45) is 10.9 Å². The topological polar surface area (TPSA) is 12.4 Å². The molecule has 0 saturated carbocycles. The monoisotopic (exact) mass is 641 g/mol. The molecule has 0 amide bonds. The predicted octanol–water partition coefficient (Wildman–Crippen LogP) is 13.1. The number of hydrogen-bond acceptors (Lipinski definition) is 1. The fourth-order valence-electron chi connectivity index (χ4n) is 6.54. The summed E-state index contributed by atoms with van der Waals surface area (Å²) in [6.07, 6.45) is 7.69. The third-order valence-corrected chi connectivity index (χ3v) is 9.35. The molecule has 1 aliphatic rings. The number of hydrogen-bond donors (Lipinski definition) is 0. The number of aryl methyl sites for hydroxylation is 3. The minimum atomic E-state index is 0.111. The van der Waals surface area contributed by atoms with E-state index in [1.807, 2.05) is 0 Å². The van der Waals surface area contributed by atoms with E-state index in [1.165, 1.54) is 50.1 Å². The highest BCUT2D eigenvalue weighted by Gasteiger charge is 2.22. The van der Waals surface area contributed by atoms with Crippen molar-refractivity contribution in [3.63, 3.8) is 0 Å². The summed E-state index contributed by atoms with van der Waals surface area (Å²) in [7, 11) is 0. The second-order valence-corrected chi connectivity index (χ2v) is 14.4. The fraction of sp³-hybridized carbons (Fsp3) is 0.229. The minimum absolute atomic E-state index is 0.111. The van der Waals surface area contributed by atoms with Crippen LogP contribution in [0.4, 0.5) is 0 Å². The van der Waals surface area contributed by atoms with Gasteiger partial charge in [-0.25, -0.2) is 4.99 Å².